The highest BCUT2D eigenvalue weighted by atomic mass is 16.4. The summed E-state index contributed by atoms with van der Waals surface area (Å²) in [5.41, 5.74) is 1.71. The van der Waals surface area contributed by atoms with Gasteiger partial charge in [0.25, 0.3) is 0 Å². The summed E-state index contributed by atoms with van der Waals surface area (Å²) >= 11 is 0. The molecule has 7 nitrogen and oxygen atoms in total. The van der Waals surface area contributed by atoms with Gasteiger partial charge in [0.1, 0.15) is 6.54 Å². The first kappa shape index (κ1) is 12.9. The topological polar surface area (TPSA) is 102 Å². The molecule has 0 bridgehead atoms. The number of aliphatic carboxylic acids is 1. The highest BCUT2D eigenvalue weighted by molar-refractivity contribution is 5.84. The molecule has 1 aromatic heterocycles. The molecule has 0 aliphatic carbocycles. The van der Waals surface area contributed by atoms with Gasteiger partial charge in [0, 0.05) is 7.05 Å². The third-order valence-corrected chi connectivity index (χ3v) is 2.66. The van der Waals surface area contributed by atoms with Crippen molar-refractivity contribution in [1.82, 2.24) is 9.88 Å². The number of carboxylic acid groups (broad SMARTS) is 1. The number of benzene rings is 1. The van der Waals surface area contributed by atoms with Crippen molar-refractivity contribution in [2.45, 2.75) is 6.42 Å². The van der Waals surface area contributed by atoms with Crippen molar-refractivity contribution in [2.75, 3.05) is 6.54 Å². The van der Waals surface area contributed by atoms with Gasteiger partial charge in [0.15, 0.2) is 5.58 Å². The second-order valence-electron chi connectivity index (χ2n) is 4.08. The molecule has 100 valence electrons. The van der Waals surface area contributed by atoms with Gasteiger partial charge in [-0.2, -0.15) is 0 Å². The first-order valence-corrected chi connectivity index (χ1v) is 5.54. The molecule has 7 heteroatoms. The largest absolute Gasteiger partial charge is 0.480 e. The molecule has 1 amide bonds. The number of fused-ring (bicyclic) bond motifs is 1. The minimum atomic E-state index is -1.10. The Morgan fingerprint density at radius 3 is 2.84 bits per heavy atom. The van der Waals surface area contributed by atoms with Gasteiger partial charge >= 0.3 is 11.7 Å². The highest BCUT2D eigenvalue weighted by Crippen LogP contribution is 2.14. The summed E-state index contributed by atoms with van der Waals surface area (Å²) in [5.74, 6) is -1.96. The molecule has 0 atom stereocenters. The van der Waals surface area contributed by atoms with E-state index >= 15 is 0 Å². The number of aryl methyl sites for hydroxylation is 1. The van der Waals surface area contributed by atoms with Gasteiger partial charge in [0.2, 0.25) is 5.91 Å². The van der Waals surface area contributed by atoms with Crippen LogP contribution < -0.4 is 11.1 Å². The lowest BCUT2D eigenvalue weighted by atomic mass is 10.1. The van der Waals surface area contributed by atoms with E-state index in [0.717, 1.165) is 0 Å². The SMILES string of the molecule is Cn1c(=O)oc2ccc(CC(=O)NCC(=O)O)cc21. The number of amides is 1. The van der Waals surface area contributed by atoms with Crippen molar-refractivity contribution < 1.29 is 19.1 Å². The van der Waals surface area contributed by atoms with Crippen LogP contribution in [0.25, 0.3) is 11.1 Å². The Balaban J connectivity index is 2.17. The zero-order chi connectivity index (χ0) is 14.0. The normalized spacial score (nSPS) is 10.6. The molecule has 0 saturated carbocycles. The van der Waals surface area contributed by atoms with E-state index in [2.05, 4.69) is 5.32 Å². The lowest BCUT2D eigenvalue weighted by molar-refractivity contribution is -0.137. The number of oxazole rings is 1. The van der Waals surface area contributed by atoms with Crippen LogP contribution in [0.1, 0.15) is 5.56 Å². The van der Waals surface area contributed by atoms with Crippen molar-refractivity contribution in [2.24, 2.45) is 7.05 Å². The van der Waals surface area contributed by atoms with Crippen molar-refractivity contribution in [3.05, 3.63) is 34.3 Å². The summed E-state index contributed by atoms with van der Waals surface area (Å²) < 4.78 is 6.31. The lowest BCUT2D eigenvalue weighted by Gasteiger charge is -2.03. The fraction of sp³-hybridized carbons (Fsp3) is 0.250. The zero-order valence-corrected chi connectivity index (χ0v) is 10.2. The van der Waals surface area contributed by atoms with E-state index in [9.17, 15) is 14.4 Å². The van der Waals surface area contributed by atoms with E-state index in [1.165, 1.54) is 4.57 Å². The molecule has 19 heavy (non-hydrogen) atoms. The lowest BCUT2D eigenvalue weighted by Crippen LogP contribution is -2.30. The number of carbonyl (C=O) groups is 2. The van der Waals surface area contributed by atoms with Crippen LogP contribution in [0.3, 0.4) is 0 Å². The Labute approximate surface area is 107 Å². The zero-order valence-electron chi connectivity index (χ0n) is 10.2. The molecule has 0 saturated heterocycles. The smallest absolute Gasteiger partial charge is 0.419 e. The maximum Gasteiger partial charge on any atom is 0.419 e. The Morgan fingerprint density at radius 1 is 1.42 bits per heavy atom. The summed E-state index contributed by atoms with van der Waals surface area (Å²) in [7, 11) is 1.57. The van der Waals surface area contributed by atoms with Crippen LogP contribution in [0.4, 0.5) is 0 Å². The minimum absolute atomic E-state index is 0.0442. The number of carbonyl (C=O) groups excluding carboxylic acids is 1. The van der Waals surface area contributed by atoms with Crippen LogP contribution >= 0.6 is 0 Å². The molecule has 0 unspecified atom stereocenters. The molecular weight excluding hydrogens is 252 g/mol. The van der Waals surface area contributed by atoms with Crippen LogP contribution in [0.15, 0.2) is 27.4 Å². The number of rotatable bonds is 4. The average Bonchev–Trinajstić information content (AvgIpc) is 2.63. The second-order valence-corrected chi connectivity index (χ2v) is 4.08. The van der Waals surface area contributed by atoms with Gasteiger partial charge in [-0.1, -0.05) is 6.07 Å². The first-order valence-electron chi connectivity index (χ1n) is 5.54. The van der Waals surface area contributed by atoms with E-state index in [-0.39, 0.29) is 6.42 Å². The van der Waals surface area contributed by atoms with Crippen molar-refractivity contribution >= 4 is 23.0 Å². The summed E-state index contributed by atoms with van der Waals surface area (Å²) in [5, 5.41) is 10.7. The summed E-state index contributed by atoms with van der Waals surface area (Å²) in [4.78, 5) is 33.1. The van der Waals surface area contributed by atoms with Crippen LogP contribution in [-0.2, 0) is 23.1 Å². The number of carboxylic acids is 1. The van der Waals surface area contributed by atoms with Crippen LogP contribution in [0, 0.1) is 0 Å². The fourth-order valence-electron chi connectivity index (χ4n) is 1.70. The number of hydrogen-bond acceptors (Lipinski definition) is 4. The van der Waals surface area contributed by atoms with Crippen LogP contribution in [0.2, 0.25) is 0 Å². The van der Waals surface area contributed by atoms with Gasteiger partial charge in [-0.05, 0) is 17.7 Å². The van der Waals surface area contributed by atoms with Crippen molar-refractivity contribution in [3.8, 4) is 0 Å². The van der Waals surface area contributed by atoms with Gasteiger partial charge in [-0.3, -0.25) is 14.2 Å². The monoisotopic (exact) mass is 264 g/mol. The van der Waals surface area contributed by atoms with Crippen LogP contribution in [0.5, 0.6) is 0 Å². The third kappa shape index (κ3) is 2.82. The number of hydrogen-bond donors (Lipinski definition) is 2. The molecule has 2 N–H and O–H groups in total. The molecule has 0 aliphatic rings. The molecule has 0 fully saturated rings. The molecule has 0 radical (unpaired) electrons. The van der Waals surface area contributed by atoms with E-state index in [4.69, 9.17) is 9.52 Å². The fourth-order valence-corrected chi connectivity index (χ4v) is 1.70. The van der Waals surface area contributed by atoms with E-state index in [1.54, 1.807) is 25.2 Å². The number of aromatic nitrogens is 1. The Kier molecular flexibility index (Phi) is 3.37. The number of nitrogens with zero attached hydrogens (tertiary/aromatic N) is 1. The molecule has 1 aromatic carbocycles. The quantitative estimate of drug-likeness (QED) is 0.801. The molecular formula is C12H12N2O5. The van der Waals surface area contributed by atoms with Crippen molar-refractivity contribution in [3.63, 3.8) is 0 Å². The average molecular weight is 264 g/mol. The maximum absolute atomic E-state index is 11.5. The second kappa shape index (κ2) is 4.97. The van der Waals surface area contributed by atoms with Gasteiger partial charge in [-0.15, -0.1) is 0 Å². The van der Waals surface area contributed by atoms with Crippen LogP contribution in [-0.4, -0.2) is 28.1 Å². The Bertz CT molecular complexity index is 698. The van der Waals surface area contributed by atoms with E-state index < -0.39 is 24.2 Å². The summed E-state index contributed by atoms with van der Waals surface area (Å²) in [6, 6.07) is 4.93. The molecule has 0 spiro atoms. The van der Waals surface area contributed by atoms with Crippen molar-refractivity contribution in [1.29, 1.82) is 0 Å². The summed E-state index contributed by atoms with van der Waals surface area (Å²) in [6.45, 7) is -0.411. The third-order valence-electron chi connectivity index (χ3n) is 2.66. The van der Waals surface area contributed by atoms with E-state index in [0.29, 0.717) is 16.7 Å². The highest BCUT2D eigenvalue weighted by Gasteiger charge is 2.09. The van der Waals surface area contributed by atoms with Gasteiger partial charge in [0.05, 0.1) is 11.9 Å². The molecule has 0 aliphatic heterocycles. The number of nitrogens with one attached hydrogen (secondary N) is 1. The first-order chi connectivity index (χ1) is 8.97. The maximum atomic E-state index is 11.5. The van der Waals surface area contributed by atoms with E-state index in [1.807, 2.05) is 0 Å². The molecule has 2 aromatic rings. The predicted octanol–water partition coefficient (Wildman–Crippen LogP) is -0.125. The summed E-state index contributed by atoms with van der Waals surface area (Å²) in [6.07, 6.45) is 0.0442. The molecule has 1 heterocycles. The van der Waals surface area contributed by atoms with Gasteiger partial charge in [-0.25, -0.2) is 4.79 Å². The minimum Gasteiger partial charge on any atom is -0.480 e. The predicted molar refractivity (Wildman–Crippen MR) is 65.8 cm³/mol. The Morgan fingerprint density at radius 2 is 2.16 bits per heavy atom. The molecule has 2 rings (SSSR count). The van der Waals surface area contributed by atoms with Gasteiger partial charge < -0.3 is 14.8 Å². The standard InChI is InChI=1S/C12H12N2O5/c1-14-8-4-7(2-3-9(8)19-12(14)18)5-10(15)13-6-11(16)17/h2-4H,5-6H2,1H3,(H,13,15)(H,16,17). The Hall–Kier alpha value is -2.57.